The Bertz CT molecular complexity index is 594. The van der Waals surface area contributed by atoms with Crippen LogP contribution >= 0.6 is 0 Å². The smallest absolute Gasteiger partial charge is 0.303 e. The van der Waals surface area contributed by atoms with Gasteiger partial charge < -0.3 is 4.79 Å². The molecular formula is C20H31N3O7. The second-order valence-corrected chi connectivity index (χ2v) is 6.84. The van der Waals surface area contributed by atoms with Gasteiger partial charge in [0.1, 0.15) is 6.29 Å². The van der Waals surface area contributed by atoms with Gasteiger partial charge in [0.2, 0.25) is 0 Å². The predicted molar refractivity (Wildman–Crippen MR) is 113 cm³/mol. The Hall–Kier alpha value is -2.91. The number of rotatable bonds is 19. The van der Waals surface area contributed by atoms with Gasteiger partial charge in [-0.1, -0.05) is 49.3 Å². The minimum absolute atomic E-state index is 0.0189. The molecule has 0 heterocycles. The fraction of sp³-hybridized carbons (Fsp3) is 0.650. The molecule has 0 saturated heterocycles. The zero-order valence-electron chi connectivity index (χ0n) is 17.2. The van der Waals surface area contributed by atoms with E-state index >= 15 is 0 Å². The molecule has 0 unspecified atom stereocenters. The Labute approximate surface area is 176 Å². The average Bonchev–Trinajstić information content (AvgIpc) is 2.69. The summed E-state index contributed by atoms with van der Waals surface area (Å²) in [6, 6.07) is 0. The Morgan fingerprint density at radius 3 is 1.40 bits per heavy atom. The summed E-state index contributed by atoms with van der Waals surface area (Å²) in [5.74, 6) is -3.35. The van der Waals surface area contributed by atoms with Crippen molar-refractivity contribution in [3.8, 4) is 0 Å². The maximum Gasteiger partial charge on any atom is 0.699 e. The van der Waals surface area contributed by atoms with Crippen molar-refractivity contribution in [1.29, 1.82) is 0 Å². The van der Waals surface area contributed by atoms with E-state index < -0.39 is 27.0 Å². The van der Waals surface area contributed by atoms with Gasteiger partial charge in [-0.15, -0.1) is 0 Å². The number of hydrogen-bond donors (Lipinski definition) is 0. The topological polar surface area (TPSA) is 146 Å². The molecule has 0 aromatic rings. The van der Waals surface area contributed by atoms with Crippen LogP contribution < -0.4 is 0 Å². The van der Waals surface area contributed by atoms with Crippen molar-refractivity contribution in [2.24, 2.45) is 0 Å². The molecule has 168 valence electrons. The molecule has 0 aliphatic heterocycles. The highest BCUT2D eigenvalue weighted by atomic mass is 16.7. The fourth-order valence-electron chi connectivity index (χ4n) is 2.72. The molecule has 0 rings (SSSR count). The molecule has 10 nitrogen and oxygen atoms in total. The summed E-state index contributed by atoms with van der Waals surface area (Å²) in [5.41, 5.74) is 0. The summed E-state index contributed by atoms with van der Waals surface area (Å²) in [7, 11) is 0. The summed E-state index contributed by atoms with van der Waals surface area (Å²) in [5, 5.41) is 32.4. The molecule has 0 bridgehead atoms. The fourth-order valence-corrected chi connectivity index (χ4v) is 2.72. The predicted octanol–water partition coefficient (Wildman–Crippen LogP) is 5.02. The summed E-state index contributed by atoms with van der Waals surface area (Å²) < 4.78 is 0. The summed E-state index contributed by atoms with van der Waals surface area (Å²) in [6.45, 7) is 0. The number of unbranched alkanes of at least 4 members (excludes halogenated alkanes) is 7. The molecule has 0 saturated carbocycles. The molecule has 0 atom stereocenters. The van der Waals surface area contributed by atoms with E-state index in [2.05, 4.69) is 12.2 Å². The van der Waals surface area contributed by atoms with E-state index in [0.29, 0.717) is 19.3 Å². The highest BCUT2D eigenvalue weighted by Crippen LogP contribution is 2.21. The monoisotopic (exact) mass is 425 g/mol. The molecule has 0 aliphatic carbocycles. The highest BCUT2D eigenvalue weighted by molar-refractivity contribution is 5.48. The van der Waals surface area contributed by atoms with Crippen LogP contribution in [-0.4, -0.2) is 26.8 Å². The highest BCUT2D eigenvalue weighted by Gasteiger charge is 2.69. The molecule has 0 radical (unpaired) electrons. The molecule has 0 aliphatic rings. The number of hydrogen-bond acceptors (Lipinski definition) is 7. The molecule has 30 heavy (non-hydrogen) atoms. The Kier molecular flexibility index (Phi) is 15.3. The van der Waals surface area contributed by atoms with Crippen molar-refractivity contribution < 1.29 is 19.6 Å². The molecule has 10 heteroatoms. The first-order valence-corrected chi connectivity index (χ1v) is 10.2. The van der Waals surface area contributed by atoms with Gasteiger partial charge in [0.05, 0.1) is 0 Å². The second-order valence-electron chi connectivity index (χ2n) is 6.84. The summed E-state index contributed by atoms with van der Waals surface area (Å²) >= 11 is 0. The minimum Gasteiger partial charge on any atom is -0.303 e. The van der Waals surface area contributed by atoms with Gasteiger partial charge in [0.25, 0.3) is 0 Å². The SMILES string of the molecule is O=CCCCCCCC=CCC=CCC=CCCCCC([N+](=O)[O-])([N+](=O)[O-])[N+](=O)[O-]. The third-order valence-corrected chi connectivity index (χ3v) is 4.50. The van der Waals surface area contributed by atoms with E-state index in [0.717, 1.165) is 51.2 Å². The van der Waals surface area contributed by atoms with Gasteiger partial charge in [0, 0.05) is 6.42 Å². The van der Waals surface area contributed by atoms with Crippen LogP contribution in [0.15, 0.2) is 36.5 Å². The van der Waals surface area contributed by atoms with Crippen molar-refractivity contribution in [1.82, 2.24) is 0 Å². The van der Waals surface area contributed by atoms with E-state index in [4.69, 9.17) is 0 Å². The lowest BCUT2D eigenvalue weighted by Gasteiger charge is -2.08. The van der Waals surface area contributed by atoms with E-state index in [1.807, 2.05) is 24.3 Å². The van der Waals surface area contributed by atoms with Crippen molar-refractivity contribution >= 4 is 6.29 Å². The first kappa shape index (κ1) is 27.1. The van der Waals surface area contributed by atoms with Crippen LogP contribution in [0, 0.1) is 30.3 Å². The minimum atomic E-state index is -3.35. The van der Waals surface area contributed by atoms with Gasteiger partial charge in [-0.3, -0.25) is 30.3 Å². The maximum atomic E-state index is 10.8. The van der Waals surface area contributed by atoms with Gasteiger partial charge in [-0.05, 0) is 51.4 Å². The lowest BCUT2D eigenvalue weighted by atomic mass is 10.1. The zero-order valence-corrected chi connectivity index (χ0v) is 17.2. The lowest BCUT2D eigenvalue weighted by Crippen LogP contribution is -2.53. The standard InChI is InChI=1S/C20H31N3O7/c24-19-17-15-13-11-9-7-5-3-1-2-4-6-8-10-12-14-16-18-20(21(25)26,22(27)28)23(29)30/h2-5,8,10,19H,1,6-7,9,11-18H2. The Morgan fingerprint density at radius 2 is 0.967 bits per heavy atom. The number of nitrogens with zero attached hydrogens (tertiary/aromatic N) is 3. The number of carbonyl (C=O) groups excluding carboxylic acids is 1. The lowest BCUT2D eigenvalue weighted by molar-refractivity contribution is -0.970. The van der Waals surface area contributed by atoms with Crippen LogP contribution in [0.4, 0.5) is 0 Å². The van der Waals surface area contributed by atoms with E-state index in [-0.39, 0.29) is 6.42 Å². The summed E-state index contributed by atoms with van der Waals surface area (Å²) in [6.07, 6.45) is 20.9. The largest absolute Gasteiger partial charge is 0.699 e. The molecule has 0 N–H and O–H groups in total. The van der Waals surface area contributed by atoms with E-state index in [1.165, 1.54) is 0 Å². The quantitative estimate of drug-likeness (QED) is 0.0704. The van der Waals surface area contributed by atoms with Crippen LogP contribution in [-0.2, 0) is 4.79 Å². The van der Waals surface area contributed by atoms with E-state index in [9.17, 15) is 35.1 Å². The molecule has 0 fully saturated rings. The normalized spacial score (nSPS) is 12.1. The molecule has 0 aromatic heterocycles. The molecule has 0 spiro atoms. The average molecular weight is 425 g/mol. The number of carbonyl (C=O) groups is 1. The van der Waals surface area contributed by atoms with Crippen LogP contribution in [0.2, 0.25) is 0 Å². The number of aldehydes is 1. The van der Waals surface area contributed by atoms with Crippen LogP contribution in [0.1, 0.15) is 77.0 Å². The van der Waals surface area contributed by atoms with Crippen LogP contribution in [0.5, 0.6) is 0 Å². The molecular weight excluding hydrogens is 394 g/mol. The first-order valence-electron chi connectivity index (χ1n) is 10.2. The third-order valence-electron chi connectivity index (χ3n) is 4.50. The summed E-state index contributed by atoms with van der Waals surface area (Å²) in [4.78, 5) is 38.3. The Balaban J connectivity index is 3.86. The van der Waals surface area contributed by atoms with Crippen molar-refractivity contribution in [3.63, 3.8) is 0 Å². The van der Waals surface area contributed by atoms with Crippen LogP contribution in [0.3, 0.4) is 0 Å². The number of nitro groups is 3. The molecule has 0 aromatic carbocycles. The Morgan fingerprint density at radius 1 is 0.567 bits per heavy atom. The zero-order chi connectivity index (χ0) is 22.7. The van der Waals surface area contributed by atoms with E-state index in [1.54, 1.807) is 0 Å². The van der Waals surface area contributed by atoms with Crippen molar-refractivity contribution in [3.05, 3.63) is 66.8 Å². The van der Waals surface area contributed by atoms with Gasteiger partial charge in [-0.25, -0.2) is 0 Å². The number of allylic oxidation sites excluding steroid dienone is 6. The van der Waals surface area contributed by atoms with Gasteiger partial charge in [-0.2, -0.15) is 0 Å². The van der Waals surface area contributed by atoms with Crippen LogP contribution in [0.25, 0.3) is 0 Å². The maximum absolute atomic E-state index is 10.8. The van der Waals surface area contributed by atoms with Crippen molar-refractivity contribution in [2.45, 2.75) is 82.8 Å². The third kappa shape index (κ3) is 11.2. The first-order chi connectivity index (χ1) is 14.4. The molecule has 0 amide bonds. The van der Waals surface area contributed by atoms with Crippen molar-refractivity contribution in [2.75, 3.05) is 0 Å². The second kappa shape index (κ2) is 17.0. The van der Waals surface area contributed by atoms with Gasteiger partial charge in [0.15, 0.2) is 21.2 Å². The van der Waals surface area contributed by atoms with Gasteiger partial charge >= 0.3 is 5.79 Å².